The molecule has 1 atom stereocenters. The molecule has 0 bridgehead atoms. The summed E-state index contributed by atoms with van der Waals surface area (Å²) < 4.78 is 10.9. The Morgan fingerprint density at radius 1 is 1.41 bits per heavy atom. The molecule has 0 aromatic heterocycles. The first-order valence-electron chi connectivity index (χ1n) is 6.28. The number of benzene rings is 1. The topological polar surface area (TPSA) is 44.5 Å². The standard InChI is InChI=1S/C14H19NO2/c1-16-13-3-2-10(11-4-7-17-9-11)8-12(13)14(15)5-6-14/h2-3,8,11H,4-7,9,15H2,1H3. The molecule has 1 aliphatic carbocycles. The zero-order valence-corrected chi connectivity index (χ0v) is 10.2. The molecule has 0 spiro atoms. The van der Waals surface area contributed by atoms with Gasteiger partial charge in [-0.15, -0.1) is 0 Å². The molecule has 1 unspecified atom stereocenters. The molecular weight excluding hydrogens is 214 g/mol. The summed E-state index contributed by atoms with van der Waals surface area (Å²) in [6.45, 7) is 1.71. The molecule has 1 saturated heterocycles. The van der Waals surface area contributed by atoms with Crippen molar-refractivity contribution in [3.63, 3.8) is 0 Å². The Morgan fingerprint density at radius 2 is 2.24 bits per heavy atom. The van der Waals surface area contributed by atoms with Crippen LogP contribution in [0, 0.1) is 0 Å². The second-order valence-electron chi connectivity index (χ2n) is 5.18. The summed E-state index contributed by atoms with van der Waals surface area (Å²) in [6, 6.07) is 6.43. The van der Waals surface area contributed by atoms with Crippen LogP contribution in [0.5, 0.6) is 5.75 Å². The van der Waals surface area contributed by atoms with Gasteiger partial charge in [0.2, 0.25) is 0 Å². The summed E-state index contributed by atoms with van der Waals surface area (Å²) in [5.74, 6) is 1.45. The van der Waals surface area contributed by atoms with Crippen molar-refractivity contribution in [2.24, 2.45) is 5.73 Å². The zero-order valence-electron chi connectivity index (χ0n) is 10.2. The lowest BCUT2D eigenvalue weighted by molar-refractivity contribution is 0.194. The van der Waals surface area contributed by atoms with E-state index < -0.39 is 0 Å². The average molecular weight is 233 g/mol. The molecule has 1 aromatic rings. The van der Waals surface area contributed by atoms with Crippen LogP contribution in [0.15, 0.2) is 18.2 Å². The molecule has 1 saturated carbocycles. The summed E-state index contributed by atoms with van der Waals surface area (Å²) >= 11 is 0. The largest absolute Gasteiger partial charge is 0.496 e. The molecule has 2 aliphatic rings. The minimum absolute atomic E-state index is 0.138. The van der Waals surface area contributed by atoms with E-state index in [9.17, 15) is 0 Å². The molecule has 2 N–H and O–H groups in total. The van der Waals surface area contributed by atoms with Gasteiger partial charge in [0.25, 0.3) is 0 Å². The smallest absolute Gasteiger partial charge is 0.123 e. The van der Waals surface area contributed by atoms with E-state index in [-0.39, 0.29) is 5.54 Å². The van der Waals surface area contributed by atoms with Gasteiger partial charge in [0, 0.05) is 23.6 Å². The molecule has 17 heavy (non-hydrogen) atoms. The fraction of sp³-hybridized carbons (Fsp3) is 0.571. The predicted molar refractivity (Wildman–Crippen MR) is 66.3 cm³/mol. The Morgan fingerprint density at radius 3 is 2.82 bits per heavy atom. The molecule has 3 nitrogen and oxygen atoms in total. The Balaban J connectivity index is 1.96. The van der Waals surface area contributed by atoms with Crippen LogP contribution in [0.25, 0.3) is 0 Å². The lowest BCUT2D eigenvalue weighted by Crippen LogP contribution is -2.20. The van der Waals surface area contributed by atoms with E-state index in [4.69, 9.17) is 15.2 Å². The zero-order chi connectivity index (χ0) is 11.9. The SMILES string of the molecule is COc1ccc(C2CCOC2)cc1C1(N)CC1. The third-order valence-corrected chi connectivity index (χ3v) is 3.95. The van der Waals surface area contributed by atoms with Crippen LogP contribution in [0.3, 0.4) is 0 Å². The van der Waals surface area contributed by atoms with Crippen LogP contribution in [0.4, 0.5) is 0 Å². The van der Waals surface area contributed by atoms with E-state index in [0.717, 1.165) is 38.2 Å². The van der Waals surface area contributed by atoms with E-state index >= 15 is 0 Å². The van der Waals surface area contributed by atoms with Crippen LogP contribution >= 0.6 is 0 Å². The van der Waals surface area contributed by atoms with E-state index in [2.05, 4.69) is 18.2 Å². The number of nitrogens with two attached hydrogens (primary N) is 1. The fourth-order valence-corrected chi connectivity index (χ4v) is 2.57. The summed E-state index contributed by atoms with van der Waals surface area (Å²) in [5, 5.41) is 0. The maximum Gasteiger partial charge on any atom is 0.123 e. The Hall–Kier alpha value is -1.06. The van der Waals surface area contributed by atoms with Crippen molar-refractivity contribution in [1.29, 1.82) is 0 Å². The highest BCUT2D eigenvalue weighted by molar-refractivity contribution is 5.45. The van der Waals surface area contributed by atoms with E-state index in [1.54, 1.807) is 7.11 Å². The van der Waals surface area contributed by atoms with Gasteiger partial charge in [-0.2, -0.15) is 0 Å². The summed E-state index contributed by atoms with van der Waals surface area (Å²) in [5.41, 5.74) is 8.68. The van der Waals surface area contributed by atoms with Gasteiger partial charge >= 0.3 is 0 Å². The predicted octanol–water partition coefficient (Wildman–Crippen LogP) is 2.15. The second-order valence-corrected chi connectivity index (χ2v) is 5.18. The number of methoxy groups -OCH3 is 1. The Kier molecular flexibility index (Phi) is 2.60. The highest BCUT2D eigenvalue weighted by atomic mass is 16.5. The molecule has 0 amide bonds. The molecule has 0 radical (unpaired) electrons. The van der Waals surface area contributed by atoms with Crippen molar-refractivity contribution in [1.82, 2.24) is 0 Å². The van der Waals surface area contributed by atoms with E-state index in [1.165, 1.54) is 11.1 Å². The molecule has 1 heterocycles. The van der Waals surface area contributed by atoms with Gasteiger partial charge in [-0.3, -0.25) is 0 Å². The third-order valence-electron chi connectivity index (χ3n) is 3.95. The molecule has 92 valence electrons. The summed E-state index contributed by atoms with van der Waals surface area (Å²) in [6.07, 6.45) is 3.24. The molecule has 3 heteroatoms. The van der Waals surface area contributed by atoms with Crippen molar-refractivity contribution in [3.8, 4) is 5.75 Å². The molecular formula is C14H19NO2. The number of hydrogen-bond donors (Lipinski definition) is 1. The first kappa shape index (κ1) is 11.1. The van der Waals surface area contributed by atoms with Gasteiger partial charge in [0.15, 0.2) is 0 Å². The minimum atomic E-state index is -0.138. The van der Waals surface area contributed by atoms with Crippen molar-refractivity contribution in [3.05, 3.63) is 29.3 Å². The average Bonchev–Trinajstić information content (AvgIpc) is 2.91. The van der Waals surface area contributed by atoms with Gasteiger partial charge in [0.1, 0.15) is 5.75 Å². The monoisotopic (exact) mass is 233 g/mol. The fourth-order valence-electron chi connectivity index (χ4n) is 2.57. The van der Waals surface area contributed by atoms with Gasteiger partial charge in [-0.05, 0) is 37.0 Å². The molecule has 3 rings (SSSR count). The second kappa shape index (κ2) is 4.00. The first-order valence-corrected chi connectivity index (χ1v) is 6.28. The van der Waals surface area contributed by atoms with Crippen LogP contribution in [0.1, 0.15) is 36.3 Å². The lowest BCUT2D eigenvalue weighted by atomic mass is 9.93. The number of hydrogen-bond acceptors (Lipinski definition) is 3. The molecule has 1 aliphatic heterocycles. The van der Waals surface area contributed by atoms with Crippen molar-refractivity contribution in [2.75, 3.05) is 20.3 Å². The van der Waals surface area contributed by atoms with Crippen molar-refractivity contribution in [2.45, 2.75) is 30.7 Å². The van der Waals surface area contributed by atoms with Crippen LogP contribution in [0.2, 0.25) is 0 Å². The quantitative estimate of drug-likeness (QED) is 0.870. The Bertz CT molecular complexity index is 420. The maximum absolute atomic E-state index is 6.30. The third kappa shape index (κ3) is 1.94. The van der Waals surface area contributed by atoms with Gasteiger partial charge in [-0.25, -0.2) is 0 Å². The maximum atomic E-state index is 6.30. The van der Waals surface area contributed by atoms with Gasteiger partial charge < -0.3 is 15.2 Å². The van der Waals surface area contributed by atoms with Crippen LogP contribution in [-0.4, -0.2) is 20.3 Å². The highest BCUT2D eigenvalue weighted by Gasteiger charge is 2.42. The first-order chi connectivity index (χ1) is 8.23. The molecule has 2 fully saturated rings. The lowest BCUT2D eigenvalue weighted by Gasteiger charge is -2.17. The number of rotatable bonds is 3. The van der Waals surface area contributed by atoms with Crippen molar-refractivity contribution < 1.29 is 9.47 Å². The van der Waals surface area contributed by atoms with Crippen LogP contribution in [-0.2, 0) is 10.3 Å². The van der Waals surface area contributed by atoms with Gasteiger partial charge in [0.05, 0.1) is 13.7 Å². The van der Waals surface area contributed by atoms with E-state index in [0.29, 0.717) is 5.92 Å². The summed E-state index contributed by atoms with van der Waals surface area (Å²) in [7, 11) is 1.71. The summed E-state index contributed by atoms with van der Waals surface area (Å²) in [4.78, 5) is 0. The Labute approximate surface area is 102 Å². The van der Waals surface area contributed by atoms with Crippen LogP contribution < -0.4 is 10.5 Å². The molecule has 1 aromatic carbocycles. The van der Waals surface area contributed by atoms with Crippen molar-refractivity contribution >= 4 is 0 Å². The number of ether oxygens (including phenoxy) is 2. The van der Waals surface area contributed by atoms with E-state index in [1.807, 2.05) is 0 Å². The van der Waals surface area contributed by atoms with Gasteiger partial charge in [-0.1, -0.05) is 6.07 Å². The minimum Gasteiger partial charge on any atom is -0.496 e. The highest BCUT2D eigenvalue weighted by Crippen LogP contribution is 2.47. The normalized spacial score (nSPS) is 25.9.